The molecule has 0 saturated carbocycles. The number of thioether (sulfide) groups is 1. The average molecular weight is 230 g/mol. The van der Waals surface area contributed by atoms with Gasteiger partial charge in [0.15, 0.2) is 3.44 Å². The van der Waals surface area contributed by atoms with E-state index in [0.29, 0.717) is 3.44 Å². The van der Waals surface area contributed by atoms with Gasteiger partial charge in [0.2, 0.25) is 0 Å². The number of halogens is 1. The first-order valence-corrected chi connectivity index (χ1v) is 4.56. The summed E-state index contributed by atoms with van der Waals surface area (Å²) in [4.78, 5) is 0. The van der Waals surface area contributed by atoms with E-state index in [-0.39, 0.29) is 0 Å². The van der Waals surface area contributed by atoms with Crippen LogP contribution in [0.25, 0.3) is 0 Å². The zero-order valence-corrected chi connectivity index (χ0v) is 6.87. The summed E-state index contributed by atoms with van der Waals surface area (Å²) < 4.78 is 5.65. The van der Waals surface area contributed by atoms with Crippen molar-refractivity contribution in [3.05, 3.63) is 0 Å². The second-order valence-corrected chi connectivity index (χ2v) is 4.52. The Morgan fingerprint density at radius 1 is 1.71 bits per heavy atom. The molecule has 1 rings (SSSR count). The number of hydrogen-bond donors (Lipinski definition) is 0. The summed E-state index contributed by atoms with van der Waals surface area (Å²) >= 11 is 4.18. The molecule has 0 bridgehead atoms. The molecule has 1 atom stereocenters. The van der Waals surface area contributed by atoms with Gasteiger partial charge in [-0.25, -0.2) is 0 Å². The minimum Gasteiger partial charge on any atom is -0.358 e. The molecule has 1 aliphatic heterocycles. The maximum Gasteiger partial charge on any atom is 0.154 e. The van der Waals surface area contributed by atoms with E-state index in [0.717, 1.165) is 6.61 Å². The van der Waals surface area contributed by atoms with Crippen LogP contribution in [-0.2, 0) is 4.74 Å². The van der Waals surface area contributed by atoms with Gasteiger partial charge >= 0.3 is 0 Å². The lowest BCUT2D eigenvalue weighted by Gasteiger charge is -2.15. The Hall–Kier alpha value is 1.04. The molecule has 42 valence electrons. The third-order valence-corrected chi connectivity index (χ3v) is 3.15. The minimum atomic E-state index is 0.423. The summed E-state index contributed by atoms with van der Waals surface area (Å²) in [7, 11) is 0. The highest BCUT2D eigenvalue weighted by Gasteiger charge is 2.07. The molecule has 0 aromatic rings. The third kappa shape index (κ3) is 2.19. The van der Waals surface area contributed by atoms with Crippen LogP contribution in [0.5, 0.6) is 0 Å². The quantitative estimate of drug-likeness (QED) is 0.464. The monoisotopic (exact) mass is 230 g/mol. The van der Waals surface area contributed by atoms with Crippen LogP contribution in [0.1, 0.15) is 6.42 Å². The number of rotatable bonds is 0. The molecule has 3 heteroatoms. The van der Waals surface area contributed by atoms with Crippen LogP contribution in [0.2, 0.25) is 0 Å². The summed E-state index contributed by atoms with van der Waals surface area (Å²) in [6.45, 7) is 0.959. The molecule has 0 spiro atoms. The SMILES string of the molecule is IC1OCCCS1. The Labute approximate surface area is 61.3 Å². The van der Waals surface area contributed by atoms with E-state index in [9.17, 15) is 0 Å². The first-order chi connectivity index (χ1) is 3.39. The molecular formula is C4H7IOS. The second kappa shape index (κ2) is 3.14. The predicted octanol–water partition coefficient (Wildman–Crippen LogP) is 1.86. The van der Waals surface area contributed by atoms with Crippen LogP contribution in [-0.4, -0.2) is 15.8 Å². The minimum absolute atomic E-state index is 0.423. The van der Waals surface area contributed by atoms with Gasteiger partial charge in [-0.05, 0) is 34.8 Å². The first kappa shape index (κ1) is 6.16. The van der Waals surface area contributed by atoms with Crippen LogP contribution in [0, 0.1) is 0 Å². The highest BCUT2D eigenvalue weighted by atomic mass is 127. The van der Waals surface area contributed by atoms with E-state index < -0.39 is 0 Å². The lowest BCUT2D eigenvalue weighted by molar-refractivity contribution is 0.165. The maximum atomic E-state index is 5.23. The standard InChI is InChI=1S/C4H7IOS/c5-4-6-2-1-3-7-4/h4H,1-3H2. The molecular weight excluding hydrogens is 223 g/mol. The molecule has 0 amide bonds. The Morgan fingerprint density at radius 2 is 2.57 bits per heavy atom. The fraction of sp³-hybridized carbons (Fsp3) is 1.00. The van der Waals surface area contributed by atoms with Gasteiger partial charge in [-0.15, -0.1) is 11.8 Å². The van der Waals surface area contributed by atoms with Crippen molar-refractivity contribution in [2.24, 2.45) is 0 Å². The Balaban J connectivity index is 2.12. The normalized spacial score (nSPS) is 33.0. The smallest absolute Gasteiger partial charge is 0.154 e. The van der Waals surface area contributed by atoms with Crippen molar-refractivity contribution in [2.45, 2.75) is 9.86 Å². The molecule has 0 N–H and O–H groups in total. The van der Waals surface area contributed by atoms with E-state index in [4.69, 9.17) is 4.74 Å². The van der Waals surface area contributed by atoms with Crippen LogP contribution >= 0.6 is 34.4 Å². The molecule has 0 aromatic carbocycles. The molecule has 1 aliphatic rings. The van der Waals surface area contributed by atoms with Crippen molar-refractivity contribution < 1.29 is 4.74 Å². The lowest BCUT2D eigenvalue weighted by Crippen LogP contribution is -2.09. The highest BCUT2D eigenvalue weighted by molar-refractivity contribution is 14.1. The maximum absolute atomic E-state index is 5.23. The predicted molar refractivity (Wildman–Crippen MR) is 40.8 cm³/mol. The first-order valence-electron chi connectivity index (χ1n) is 2.27. The fourth-order valence-corrected chi connectivity index (χ4v) is 2.14. The van der Waals surface area contributed by atoms with Crippen molar-refractivity contribution in [1.29, 1.82) is 0 Å². The van der Waals surface area contributed by atoms with Crippen molar-refractivity contribution in [1.82, 2.24) is 0 Å². The van der Waals surface area contributed by atoms with Crippen molar-refractivity contribution >= 4 is 34.4 Å². The van der Waals surface area contributed by atoms with Crippen molar-refractivity contribution in [3.63, 3.8) is 0 Å². The van der Waals surface area contributed by atoms with Gasteiger partial charge in [0.05, 0.1) is 0 Å². The average Bonchev–Trinajstić information content (AvgIpc) is 1.69. The lowest BCUT2D eigenvalue weighted by atomic mass is 10.5. The molecule has 1 unspecified atom stereocenters. The summed E-state index contributed by atoms with van der Waals surface area (Å²) in [5.41, 5.74) is 0. The number of alkyl halides is 1. The Kier molecular flexibility index (Phi) is 2.77. The van der Waals surface area contributed by atoms with Gasteiger partial charge in [-0.2, -0.15) is 0 Å². The molecule has 1 heterocycles. The number of ether oxygens (including phenoxy) is 1. The zero-order valence-electron chi connectivity index (χ0n) is 3.89. The second-order valence-electron chi connectivity index (χ2n) is 1.37. The van der Waals surface area contributed by atoms with Crippen LogP contribution in [0.15, 0.2) is 0 Å². The van der Waals surface area contributed by atoms with E-state index in [2.05, 4.69) is 22.6 Å². The summed E-state index contributed by atoms with van der Waals surface area (Å²) in [5, 5.41) is 0. The van der Waals surface area contributed by atoms with E-state index in [1.165, 1.54) is 12.2 Å². The van der Waals surface area contributed by atoms with Crippen molar-refractivity contribution in [3.8, 4) is 0 Å². The third-order valence-electron chi connectivity index (χ3n) is 0.786. The Morgan fingerprint density at radius 3 is 2.86 bits per heavy atom. The largest absolute Gasteiger partial charge is 0.358 e. The summed E-state index contributed by atoms with van der Waals surface area (Å²) in [5.74, 6) is 1.27. The van der Waals surface area contributed by atoms with Crippen LogP contribution < -0.4 is 0 Å². The van der Waals surface area contributed by atoms with Gasteiger partial charge in [0.1, 0.15) is 0 Å². The van der Waals surface area contributed by atoms with Crippen LogP contribution in [0.3, 0.4) is 0 Å². The number of hydrogen-bond acceptors (Lipinski definition) is 2. The van der Waals surface area contributed by atoms with Gasteiger partial charge < -0.3 is 4.74 Å². The molecule has 7 heavy (non-hydrogen) atoms. The van der Waals surface area contributed by atoms with Gasteiger partial charge in [-0.1, -0.05) is 0 Å². The van der Waals surface area contributed by atoms with E-state index in [1.807, 2.05) is 11.8 Å². The molecule has 1 fully saturated rings. The highest BCUT2D eigenvalue weighted by Crippen LogP contribution is 2.24. The van der Waals surface area contributed by atoms with Crippen molar-refractivity contribution in [2.75, 3.05) is 12.4 Å². The molecule has 0 aromatic heterocycles. The van der Waals surface area contributed by atoms with E-state index in [1.54, 1.807) is 0 Å². The summed E-state index contributed by atoms with van der Waals surface area (Å²) in [6, 6.07) is 0. The topological polar surface area (TPSA) is 9.23 Å². The fourth-order valence-electron chi connectivity index (χ4n) is 0.459. The Bertz CT molecular complexity index is 53.7. The van der Waals surface area contributed by atoms with Gasteiger partial charge in [0.25, 0.3) is 0 Å². The molecule has 1 saturated heterocycles. The van der Waals surface area contributed by atoms with Crippen LogP contribution in [0.4, 0.5) is 0 Å². The van der Waals surface area contributed by atoms with E-state index >= 15 is 0 Å². The van der Waals surface area contributed by atoms with Gasteiger partial charge in [-0.3, -0.25) is 0 Å². The summed E-state index contributed by atoms with van der Waals surface area (Å²) in [6.07, 6.45) is 1.23. The molecule has 0 aliphatic carbocycles. The molecule has 0 radical (unpaired) electrons. The zero-order chi connectivity index (χ0) is 5.11. The van der Waals surface area contributed by atoms with Gasteiger partial charge in [0, 0.05) is 6.61 Å². The molecule has 1 nitrogen and oxygen atoms in total.